The van der Waals surface area contributed by atoms with E-state index in [0.717, 1.165) is 16.7 Å². The minimum absolute atomic E-state index is 0.0747. The van der Waals surface area contributed by atoms with Gasteiger partial charge in [0.15, 0.2) is 17.7 Å². The van der Waals surface area contributed by atoms with Gasteiger partial charge in [0.25, 0.3) is 0 Å². The molecule has 5 N–H and O–H groups in total. The average Bonchev–Trinajstić information content (AvgIpc) is 3.56. The van der Waals surface area contributed by atoms with Gasteiger partial charge in [0, 0.05) is 0 Å². The number of aliphatic hydroxyl groups excluding tert-OH is 3. The lowest BCUT2D eigenvalue weighted by molar-refractivity contribution is -0.0688. The van der Waals surface area contributed by atoms with Crippen LogP contribution in [0.1, 0.15) is 16.7 Å². The van der Waals surface area contributed by atoms with Crippen molar-refractivity contribution in [3.8, 4) is 5.75 Å². The van der Waals surface area contributed by atoms with Crippen molar-refractivity contribution in [2.45, 2.75) is 35.6 Å². The van der Waals surface area contributed by atoms with Gasteiger partial charge in [0.2, 0.25) is 0 Å². The molecule has 3 aromatic rings. The first-order valence-corrected chi connectivity index (χ1v) is 13.1. The summed E-state index contributed by atoms with van der Waals surface area (Å²) in [6, 6.07) is 27.6. The molecule has 6 rings (SSSR count). The monoisotopic (exact) mass is 541 g/mol. The standard InChI is InChI=1S/C30H31N5O5/c1-39-22-14-12-21(13-15-22)29(19-8-4-2-5-9-19,20-10-6-3-7-11-20)30(31)26-27(32-17-34-30)35(18-33-26)28-25(38)24(37)23(16-36)40-28/h2-15,17,23-25,28,36-38H,16,18,31H2,1H3/t23-,24-,25-,28-,30?/m1/s1. The molecule has 0 aliphatic carbocycles. The molecule has 0 spiro atoms. The molecule has 0 bridgehead atoms. The SMILES string of the molecule is COc1ccc(C(c2ccccc2)(c2ccccc2)C2(N)N=CN=C3C2=NCN3[C@@H]2O[C@H](CO)[C@@H](O)[C@H]2O)cc1. The Hall–Kier alpha value is -3.93. The molecule has 0 aromatic heterocycles. The van der Waals surface area contributed by atoms with Crippen molar-refractivity contribution < 1.29 is 24.8 Å². The predicted octanol–water partition coefficient (Wildman–Crippen LogP) is 1.28. The van der Waals surface area contributed by atoms with Gasteiger partial charge in [-0.05, 0) is 28.8 Å². The fraction of sp³-hybridized carbons (Fsp3) is 0.300. The Kier molecular flexibility index (Phi) is 6.73. The lowest BCUT2D eigenvalue weighted by Crippen LogP contribution is -2.66. The molecule has 1 unspecified atom stereocenters. The van der Waals surface area contributed by atoms with Crippen molar-refractivity contribution in [1.82, 2.24) is 4.90 Å². The Balaban J connectivity index is 1.55. The summed E-state index contributed by atoms with van der Waals surface area (Å²) in [6.45, 7) is -0.362. The first kappa shape index (κ1) is 26.3. The molecule has 1 fully saturated rings. The molecule has 0 saturated carbocycles. The Bertz CT molecular complexity index is 1410. The summed E-state index contributed by atoms with van der Waals surface area (Å²) < 4.78 is 11.3. The maximum Gasteiger partial charge on any atom is 0.173 e. The van der Waals surface area contributed by atoms with Crippen LogP contribution in [0, 0.1) is 0 Å². The van der Waals surface area contributed by atoms with Crippen LogP contribution in [0.5, 0.6) is 5.75 Å². The smallest absolute Gasteiger partial charge is 0.173 e. The van der Waals surface area contributed by atoms with Crippen molar-refractivity contribution in [3.05, 3.63) is 102 Å². The zero-order valence-corrected chi connectivity index (χ0v) is 21.9. The number of ether oxygens (including phenoxy) is 2. The molecule has 1 saturated heterocycles. The summed E-state index contributed by atoms with van der Waals surface area (Å²) in [5, 5.41) is 30.8. The molecule has 206 valence electrons. The number of hydrogen-bond acceptors (Lipinski definition) is 10. The van der Waals surface area contributed by atoms with Crippen LogP contribution in [-0.2, 0) is 10.2 Å². The number of fused-ring (bicyclic) bond motifs is 1. The van der Waals surface area contributed by atoms with Gasteiger partial charge in [-0.3, -0.25) is 4.99 Å². The third-order valence-corrected chi connectivity index (χ3v) is 8.00. The first-order valence-electron chi connectivity index (χ1n) is 13.1. The second-order valence-electron chi connectivity index (χ2n) is 10.0. The molecule has 10 nitrogen and oxygen atoms in total. The fourth-order valence-corrected chi connectivity index (χ4v) is 6.07. The summed E-state index contributed by atoms with van der Waals surface area (Å²) in [5.74, 6) is 1.09. The summed E-state index contributed by atoms with van der Waals surface area (Å²) in [6.07, 6.45) is -3.04. The van der Waals surface area contributed by atoms with Gasteiger partial charge >= 0.3 is 0 Å². The van der Waals surface area contributed by atoms with Gasteiger partial charge in [-0.1, -0.05) is 72.8 Å². The average molecular weight is 542 g/mol. The van der Waals surface area contributed by atoms with Gasteiger partial charge in [-0.2, -0.15) is 0 Å². The quantitative estimate of drug-likeness (QED) is 0.330. The molecule has 0 radical (unpaired) electrons. The number of aliphatic imine (C=N–C) groups is 3. The number of methoxy groups -OCH3 is 1. The highest BCUT2D eigenvalue weighted by Crippen LogP contribution is 2.49. The number of nitrogens with two attached hydrogens (primary N) is 1. The lowest BCUT2D eigenvalue weighted by Gasteiger charge is -2.48. The summed E-state index contributed by atoms with van der Waals surface area (Å²) in [7, 11) is 1.62. The van der Waals surface area contributed by atoms with E-state index in [2.05, 4.69) is 4.99 Å². The maximum absolute atomic E-state index is 10.8. The zero-order valence-electron chi connectivity index (χ0n) is 21.9. The number of rotatable bonds is 7. The molecule has 5 atom stereocenters. The van der Waals surface area contributed by atoms with Crippen LogP contribution in [0.2, 0.25) is 0 Å². The van der Waals surface area contributed by atoms with E-state index in [0.29, 0.717) is 17.3 Å². The summed E-state index contributed by atoms with van der Waals surface area (Å²) in [4.78, 5) is 15.9. The zero-order chi connectivity index (χ0) is 27.9. The molecule has 10 heteroatoms. The molecule has 3 heterocycles. The van der Waals surface area contributed by atoms with E-state index in [1.165, 1.54) is 6.34 Å². The van der Waals surface area contributed by atoms with Gasteiger partial charge < -0.3 is 35.4 Å². The van der Waals surface area contributed by atoms with Gasteiger partial charge in [0.1, 0.15) is 42.8 Å². The number of aliphatic hydroxyl groups is 3. The molecule has 40 heavy (non-hydrogen) atoms. The van der Waals surface area contributed by atoms with Crippen LogP contribution in [0.15, 0.2) is 99.9 Å². The summed E-state index contributed by atoms with van der Waals surface area (Å²) >= 11 is 0. The normalized spacial score (nSPS) is 27.8. The molecule has 0 amide bonds. The van der Waals surface area contributed by atoms with Gasteiger partial charge in [-0.25, -0.2) is 9.98 Å². The lowest BCUT2D eigenvalue weighted by atomic mass is 9.60. The third kappa shape index (κ3) is 3.80. The van der Waals surface area contributed by atoms with Crippen LogP contribution in [-0.4, -0.2) is 88.7 Å². The molecule has 3 aliphatic heterocycles. The fourth-order valence-electron chi connectivity index (χ4n) is 6.07. The van der Waals surface area contributed by atoms with Crippen molar-refractivity contribution >= 4 is 17.9 Å². The van der Waals surface area contributed by atoms with Crippen LogP contribution in [0.3, 0.4) is 0 Å². The van der Waals surface area contributed by atoms with E-state index >= 15 is 0 Å². The second kappa shape index (κ2) is 10.2. The van der Waals surface area contributed by atoms with Crippen molar-refractivity contribution in [2.75, 3.05) is 20.4 Å². The minimum atomic E-state index is -1.49. The van der Waals surface area contributed by atoms with Crippen molar-refractivity contribution in [3.63, 3.8) is 0 Å². The highest BCUT2D eigenvalue weighted by Gasteiger charge is 2.60. The van der Waals surface area contributed by atoms with Crippen LogP contribution in [0.25, 0.3) is 0 Å². The first-order chi connectivity index (χ1) is 19.5. The van der Waals surface area contributed by atoms with Gasteiger partial charge in [0.05, 0.1) is 19.1 Å². The van der Waals surface area contributed by atoms with Gasteiger partial charge in [-0.15, -0.1) is 0 Å². The van der Waals surface area contributed by atoms with Crippen molar-refractivity contribution in [2.24, 2.45) is 20.7 Å². The van der Waals surface area contributed by atoms with Crippen molar-refractivity contribution in [1.29, 1.82) is 0 Å². The minimum Gasteiger partial charge on any atom is -0.497 e. The molecular formula is C30H31N5O5. The van der Waals surface area contributed by atoms with E-state index < -0.39 is 42.2 Å². The number of benzene rings is 3. The Morgan fingerprint density at radius 1 is 0.950 bits per heavy atom. The van der Waals surface area contributed by atoms with E-state index in [4.69, 9.17) is 25.2 Å². The molecule has 3 aromatic carbocycles. The Labute approximate surface area is 231 Å². The van der Waals surface area contributed by atoms with E-state index in [1.807, 2.05) is 84.9 Å². The maximum atomic E-state index is 10.8. The Morgan fingerprint density at radius 2 is 1.55 bits per heavy atom. The second-order valence-corrected chi connectivity index (χ2v) is 10.0. The highest BCUT2D eigenvalue weighted by molar-refractivity contribution is 6.48. The van der Waals surface area contributed by atoms with E-state index in [-0.39, 0.29) is 6.67 Å². The predicted molar refractivity (Wildman–Crippen MR) is 151 cm³/mol. The number of amidine groups is 1. The number of nitrogens with zero attached hydrogens (tertiary/aromatic N) is 4. The van der Waals surface area contributed by atoms with Crippen LogP contribution in [0.4, 0.5) is 0 Å². The topological polar surface area (TPSA) is 145 Å². The number of hydrogen-bond donors (Lipinski definition) is 4. The third-order valence-electron chi connectivity index (χ3n) is 8.00. The van der Waals surface area contributed by atoms with Crippen LogP contribution >= 0.6 is 0 Å². The molecule has 3 aliphatic rings. The van der Waals surface area contributed by atoms with Crippen LogP contribution < -0.4 is 10.5 Å². The largest absolute Gasteiger partial charge is 0.497 e. The highest BCUT2D eigenvalue weighted by atomic mass is 16.6. The van der Waals surface area contributed by atoms with E-state index in [9.17, 15) is 15.3 Å². The van der Waals surface area contributed by atoms with E-state index in [1.54, 1.807) is 12.0 Å². The summed E-state index contributed by atoms with van der Waals surface area (Å²) in [5.41, 5.74) is 8.00. The molecular weight excluding hydrogens is 510 g/mol. The Morgan fingerprint density at radius 3 is 2.10 bits per heavy atom.